The lowest BCUT2D eigenvalue weighted by Crippen LogP contribution is -1.97. The summed E-state index contributed by atoms with van der Waals surface area (Å²) >= 11 is 0. The summed E-state index contributed by atoms with van der Waals surface area (Å²) in [4.78, 5) is 18.5. The Hall–Kier alpha value is -2.50. The van der Waals surface area contributed by atoms with E-state index in [1.54, 1.807) is 31.6 Å². The molecule has 0 aliphatic rings. The van der Waals surface area contributed by atoms with E-state index in [1.807, 2.05) is 0 Å². The van der Waals surface area contributed by atoms with Crippen molar-refractivity contribution in [2.75, 3.05) is 12.4 Å². The van der Waals surface area contributed by atoms with Crippen LogP contribution in [0.3, 0.4) is 0 Å². The summed E-state index contributed by atoms with van der Waals surface area (Å²) in [5.41, 5.74) is 1.30. The molecule has 0 atom stereocenters. The van der Waals surface area contributed by atoms with Gasteiger partial charge in [-0.15, -0.1) is 0 Å². The van der Waals surface area contributed by atoms with Crippen LogP contribution in [0.4, 0.5) is 11.5 Å². The predicted octanol–water partition coefficient (Wildman–Crippen LogP) is 2.09. The zero-order chi connectivity index (χ0) is 12.3. The third kappa shape index (κ3) is 2.20. The average Bonchev–Trinajstić information content (AvgIpc) is 2.39. The molecule has 0 unspecified atom stereocenters. The molecular weight excluding hydrogens is 220 g/mol. The fraction of sp³-hybridized carbons (Fsp3) is 0.0909. The zero-order valence-corrected chi connectivity index (χ0v) is 9.12. The molecule has 0 saturated heterocycles. The van der Waals surface area contributed by atoms with Crippen molar-refractivity contribution in [1.29, 1.82) is 0 Å². The Balaban J connectivity index is 2.52. The van der Waals surface area contributed by atoms with Gasteiger partial charge in [-0.2, -0.15) is 0 Å². The van der Waals surface area contributed by atoms with Crippen LogP contribution in [0.2, 0.25) is 0 Å². The zero-order valence-electron chi connectivity index (χ0n) is 9.12. The van der Waals surface area contributed by atoms with Gasteiger partial charge in [-0.3, -0.25) is 15.1 Å². The number of benzene rings is 1. The highest BCUT2D eigenvalue weighted by Gasteiger charge is 2.11. The maximum Gasteiger partial charge on any atom is 0.270 e. The van der Waals surface area contributed by atoms with E-state index in [2.05, 4.69) is 15.3 Å². The van der Waals surface area contributed by atoms with Crippen LogP contribution in [0.5, 0.6) is 0 Å². The Kier molecular flexibility index (Phi) is 2.95. The molecular formula is C11H10N4O2. The number of aromatic nitrogens is 2. The van der Waals surface area contributed by atoms with Crippen LogP contribution in [0.25, 0.3) is 11.3 Å². The monoisotopic (exact) mass is 230 g/mol. The molecule has 0 bridgehead atoms. The molecule has 6 heteroatoms. The second-order valence-electron chi connectivity index (χ2n) is 3.31. The molecule has 0 radical (unpaired) electrons. The fourth-order valence-electron chi connectivity index (χ4n) is 1.50. The van der Waals surface area contributed by atoms with Gasteiger partial charge in [0.2, 0.25) is 0 Å². The molecule has 0 amide bonds. The molecule has 86 valence electrons. The molecule has 6 nitrogen and oxygen atoms in total. The van der Waals surface area contributed by atoms with Gasteiger partial charge >= 0.3 is 0 Å². The lowest BCUT2D eigenvalue weighted by molar-refractivity contribution is -0.384. The molecule has 1 heterocycles. The second-order valence-corrected chi connectivity index (χ2v) is 3.31. The van der Waals surface area contributed by atoms with Crippen molar-refractivity contribution in [3.8, 4) is 11.3 Å². The molecule has 2 rings (SSSR count). The van der Waals surface area contributed by atoms with Crippen molar-refractivity contribution in [2.24, 2.45) is 0 Å². The number of nitro benzene ring substituents is 1. The van der Waals surface area contributed by atoms with E-state index in [-0.39, 0.29) is 5.69 Å². The van der Waals surface area contributed by atoms with Gasteiger partial charge in [-0.05, 0) is 0 Å². The number of rotatable bonds is 3. The topological polar surface area (TPSA) is 81.0 Å². The van der Waals surface area contributed by atoms with Gasteiger partial charge in [-0.25, -0.2) is 4.98 Å². The molecule has 17 heavy (non-hydrogen) atoms. The van der Waals surface area contributed by atoms with Crippen molar-refractivity contribution < 1.29 is 4.92 Å². The number of nitro groups is 1. The van der Waals surface area contributed by atoms with E-state index in [1.165, 1.54) is 12.1 Å². The highest BCUT2D eigenvalue weighted by molar-refractivity contribution is 5.72. The summed E-state index contributed by atoms with van der Waals surface area (Å²) in [6.07, 6.45) is 3.11. The normalized spacial score (nSPS) is 9.94. The fourth-order valence-corrected chi connectivity index (χ4v) is 1.50. The maximum atomic E-state index is 10.7. The minimum Gasteiger partial charge on any atom is -0.371 e. The quantitative estimate of drug-likeness (QED) is 0.645. The molecule has 1 aromatic carbocycles. The van der Waals surface area contributed by atoms with Gasteiger partial charge in [0.15, 0.2) is 5.82 Å². The summed E-state index contributed by atoms with van der Waals surface area (Å²) in [5, 5.41) is 13.6. The van der Waals surface area contributed by atoms with E-state index < -0.39 is 4.92 Å². The largest absolute Gasteiger partial charge is 0.371 e. The molecule has 0 saturated carbocycles. The van der Waals surface area contributed by atoms with Crippen LogP contribution in [-0.4, -0.2) is 21.9 Å². The second kappa shape index (κ2) is 4.56. The van der Waals surface area contributed by atoms with Crippen molar-refractivity contribution in [3.05, 3.63) is 46.8 Å². The maximum absolute atomic E-state index is 10.7. The SMILES string of the molecule is CNc1nccnc1-c1cccc([N+](=O)[O-])c1. The van der Waals surface area contributed by atoms with Crippen molar-refractivity contribution in [1.82, 2.24) is 9.97 Å². The van der Waals surface area contributed by atoms with E-state index in [0.29, 0.717) is 17.1 Å². The Labute approximate surface area is 97.5 Å². The summed E-state index contributed by atoms with van der Waals surface area (Å²) < 4.78 is 0. The first-order chi connectivity index (χ1) is 8.22. The number of anilines is 1. The predicted molar refractivity (Wildman–Crippen MR) is 63.7 cm³/mol. The number of nitrogens with one attached hydrogen (secondary N) is 1. The van der Waals surface area contributed by atoms with Gasteiger partial charge in [0, 0.05) is 37.1 Å². The summed E-state index contributed by atoms with van der Waals surface area (Å²) in [6, 6.07) is 6.31. The van der Waals surface area contributed by atoms with E-state index >= 15 is 0 Å². The first kappa shape index (κ1) is 11.0. The molecule has 1 N–H and O–H groups in total. The van der Waals surface area contributed by atoms with Crippen LogP contribution < -0.4 is 5.32 Å². The first-order valence-corrected chi connectivity index (χ1v) is 4.96. The van der Waals surface area contributed by atoms with Gasteiger partial charge in [-0.1, -0.05) is 12.1 Å². The average molecular weight is 230 g/mol. The Bertz CT molecular complexity index is 557. The number of hydrogen-bond acceptors (Lipinski definition) is 5. The molecule has 2 aromatic rings. The van der Waals surface area contributed by atoms with E-state index in [4.69, 9.17) is 0 Å². The van der Waals surface area contributed by atoms with Gasteiger partial charge in [0.1, 0.15) is 5.69 Å². The highest BCUT2D eigenvalue weighted by Crippen LogP contribution is 2.26. The van der Waals surface area contributed by atoms with Gasteiger partial charge in [0.05, 0.1) is 4.92 Å². The van der Waals surface area contributed by atoms with Crippen LogP contribution in [0.1, 0.15) is 0 Å². The third-order valence-electron chi connectivity index (χ3n) is 2.27. The highest BCUT2D eigenvalue weighted by atomic mass is 16.6. The molecule has 0 spiro atoms. The molecule has 0 aliphatic carbocycles. The van der Waals surface area contributed by atoms with Gasteiger partial charge in [0.25, 0.3) is 5.69 Å². The minimum atomic E-state index is -0.432. The lowest BCUT2D eigenvalue weighted by atomic mass is 10.1. The standard InChI is InChI=1S/C11H10N4O2/c1-12-11-10(13-5-6-14-11)8-3-2-4-9(7-8)15(16)17/h2-7H,1H3,(H,12,14). The van der Waals surface area contributed by atoms with Crippen LogP contribution in [0, 0.1) is 10.1 Å². The summed E-state index contributed by atoms with van der Waals surface area (Å²) in [6.45, 7) is 0. The number of nitrogens with zero attached hydrogens (tertiary/aromatic N) is 3. The first-order valence-electron chi connectivity index (χ1n) is 4.96. The molecule has 0 aliphatic heterocycles. The minimum absolute atomic E-state index is 0.0372. The van der Waals surface area contributed by atoms with Crippen molar-refractivity contribution >= 4 is 11.5 Å². The van der Waals surface area contributed by atoms with E-state index in [9.17, 15) is 10.1 Å². The van der Waals surface area contributed by atoms with Gasteiger partial charge < -0.3 is 5.32 Å². The Morgan fingerprint density at radius 2 is 2.06 bits per heavy atom. The van der Waals surface area contributed by atoms with Crippen molar-refractivity contribution in [2.45, 2.75) is 0 Å². The molecule has 1 aromatic heterocycles. The third-order valence-corrected chi connectivity index (χ3v) is 2.27. The summed E-state index contributed by atoms with van der Waals surface area (Å²) in [5.74, 6) is 0.591. The van der Waals surface area contributed by atoms with Crippen LogP contribution >= 0.6 is 0 Å². The Morgan fingerprint density at radius 3 is 2.76 bits per heavy atom. The number of non-ortho nitro benzene ring substituents is 1. The Morgan fingerprint density at radius 1 is 1.29 bits per heavy atom. The number of hydrogen-bond donors (Lipinski definition) is 1. The summed E-state index contributed by atoms with van der Waals surface area (Å²) in [7, 11) is 1.73. The van der Waals surface area contributed by atoms with Crippen molar-refractivity contribution in [3.63, 3.8) is 0 Å². The van der Waals surface area contributed by atoms with Crippen LogP contribution in [-0.2, 0) is 0 Å². The molecule has 0 fully saturated rings. The smallest absolute Gasteiger partial charge is 0.270 e. The lowest BCUT2D eigenvalue weighted by Gasteiger charge is -2.05. The van der Waals surface area contributed by atoms with Crippen LogP contribution in [0.15, 0.2) is 36.7 Å². The van der Waals surface area contributed by atoms with E-state index in [0.717, 1.165) is 0 Å².